The van der Waals surface area contributed by atoms with Gasteiger partial charge in [-0.3, -0.25) is 4.72 Å². The van der Waals surface area contributed by atoms with Crippen molar-refractivity contribution in [3.63, 3.8) is 0 Å². The highest BCUT2D eigenvalue weighted by Crippen LogP contribution is 2.35. The first-order valence-corrected chi connectivity index (χ1v) is 8.79. The predicted molar refractivity (Wildman–Crippen MR) is 91.7 cm³/mol. The molecule has 2 aromatic carbocycles. The van der Waals surface area contributed by atoms with Crippen LogP contribution in [0.3, 0.4) is 0 Å². The van der Waals surface area contributed by atoms with Gasteiger partial charge >= 0.3 is 0 Å². The number of hydrogen-bond donors (Lipinski definition) is 1. The molecule has 0 aliphatic rings. The van der Waals surface area contributed by atoms with Crippen LogP contribution in [-0.2, 0) is 15.8 Å². The molecule has 2 rings (SSSR count). The average molecular weight is 335 g/mol. The van der Waals surface area contributed by atoms with Crippen molar-refractivity contribution in [2.75, 3.05) is 18.9 Å². The fourth-order valence-electron chi connectivity index (χ4n) is 2.46. The summed E-state index contributed by atoms with van der Waals surface area (Å²) in [5.41, 5.74) is 2.90. The van der Waals surface area contributed by atoms with Gasteiger partial charge in [0, 0.05) is 5.56 Å². The highest BCUT2D eigenvalue weighted by molar-refractivity contribution is 7.91. The molecule has 124 valence electrons. The van der Waals surface area contributed by atoms with E-state index in [4.69, 9.17) is 9.47 Å². The third-order valence-electron chi connectivity index (χ3n) is 3.48. The van der Waals surface area contributed by atoms with Gasteiger partial charge in [-0.05, 0) is 31.5 Å². The maximum absolute atomic E-state index is 12.4. The van der Waals surface area contributed by atoms with Crippen LogP contribution in [0.2, 0.25) is 0 Å². The van der Waals surface area contributed by atoms with Crippen molar-refractivity contribution in [3.05, 3.63) is 53.1 Å². The lowest BCUT2D eigenvalue weighted by atomic mass is 10.2. The van der Waals surface area contributed by atoms with E-state index in [-0.39, 0.29) is 5.75 Å². The lowest BCUT2D eigenvalue weighted by molar-refractivity contribution is 0.390. The van der Waals surface area contributed by atoms with Gasteiger partial charge in [0.25, 0.3) is 0 Å². The van der Waals surface area contributed by atoms with Crippen LogP contribution in [0, 0.1) is 13.8 Å². The fraction of sp³-hybridized carbons (Fsp3) is 0.294. The molecule has 0 amide bonds. The highest BCUT2D eigenvalue weighted by atomic mass is 32.2. The first-order chi connectivity index (χ1) is 10.9. The normalized spacial score (nSPS) is 11.1. The summed E-state index contributed by atoms with van der Waals surface area (Å²) in [5.74, 6) is 1.00. The van der Waals surface area contributed by atoms with E-state index >= 15 is 0 Å². The zero-order valence-corrected chi connectivity index (χ0v) is 14.5. The summed E-state index contributed by atoms with van der Waals surface area (Å²) in [6.07, 6.45) is 0. The molecule has 0 fully saturated rings. The van der Waals surface area contributed by atoms with Gasteiger partial charge in [-0.2, -0.15) is 0 Å². The van der Waals surface area contributed by atoms with Gasteiger partial charge in [0.05, 0.1) is 25.7 Å². The Morgan fingerprint density at radius 3 is 2.39 bits per heavy atom. The van der Waals surface area contributed by atoms with Crippen molar-refractivity contribution in [1.82, 2.24) is 0 Å². The van der Waals surface area contributed by atoms with Crippen LogP contribution in [-0.4, -0.2) is 22.6 Å². The summed E-state index contributed by atoms with van der Waals surface area (Å²) in [7, 11) is -0.485. The summed E-state index contributed by atoms with van der Waals surface area (Å²) in [4.78, 5) is 0. The Labute approximate surface area is 137 Å². The molecule has 2 aromatic rings. The van der Waals surface area contributed by atoms with E-state index in [9.17, 15) is 8.42 Å². The van der Waals surface area contributed by atoms with Crippen LogP contribution in [0.5, 0.6) is 11.5 Å². The number of hydrogen-bond acceptors (Lipinski definition) is 4. The molecule has 1 N–H and O–H groups in total. The van der Waals surface area contributed by atoms with Gasteiger partial charge in [-0.25, -0.2) is 8.42 Å². The molecule has 0 aromatic heterocycles. The van der Waals surface area contributed by atoms with E-state index < -0.39 is 10.0 Å². The number of nitrogens with one attached hydrogen (secondary N) is 1. The smallest absolute Gasteiger partial charge is 0.237 e. The monoisotopic (exact) mass is 335 g/mol. The topological polar surface area (TPSA) is 64.6 Å². The van der Waals surface area contributed by atoms with Crippen LogP contribution in [0.1, 0.15) is 16.7 Å². The van der Waals surface area contributed by atoms with E-state index in [0.717, 1.165) is 16.7 Å². The number of aryl methyl sites for hydroxylation is 1. The first kappa shape index (κ1) is 17.1. The molecule has 0 unspecified atom stereocenters. The third kappa shape index (κ3) is 4.16. The van der Waals surface area contributed by atoms with Gasteiger partial charge in [-0.1, -0.05) is 29.8 Å². The number of benzene rings is 2. The second-order valence-corrected chi connectivity index (χ2v) is 7.05. The number of sulfonamides is 1. The number of anilines is 1. The molecule has 0 heterocycles. The van der Waals surface area contributed by atoms with Gasteiger partial charge < -0.3 is 9.47 Å². The quantitative estimate of drug-likeness (QED) is 0.880. The van der Waals surface area contributed by atoms with E-state index in [0.29, 0.717) is 17.2 Å². The molecule has 0 saturated carbocycles. The van der Waals surface area contributed by atoms with Gasteiger partial charge in [0.2, 0.25) is 10.0 Å². The standard InChI is InChI=1S/C17H21NO4S/c1-12-6-5-7-14(10-12)11-23(19,20)18-15-8-9-16(21-3)13(2)17(15)22-4/h5-10,18H,11H2,1-4H3. The van der Waals surface area contributed by atoms with Crippen LogP contribution in [0.4, 0.5) is 5.69 Å². The molecule has 0 saturated heterocycles. The Morgan fingerprint density at radius 2 is 1.78 bits per heavy atom. The SMILES string of the molecule is COc1ccc(NS(=O)(=O)Cc2cccc(C)c2)c(OC)c1C. The van der Waals surface area contributed by atoms with Gasteiger partial charge in [0.1, 0.15) is 11.5 Å². The molecular weight excluding hydrogens is 314 g/mol. The summed E-state index contributed by atoms with van der Waals surface area (Å²) in [6, 6.07) is 10.8. The van der Waals surface area contributed by atoms with Crippen molar-refractivity contribution in [3.8, 4) is 11.5 Å². The molecule has 0 radical (unpaired) electrons. The predicted octanol–water partition coefficient (Wildman–Crippen LogP) is 3.26. The lowest BCUT2D eigenvalue weighted by Gasteiger charge is -2.16. The van der Waals surface area contributed by atoms with Gasteiger partial charge in [-0.15, -0.1) is 0 Å². The molecule has 0 aliphatic carbocycles. The summed E-state index contributed by atoms with van der Waals surface area (Å²) < 4.78 is 38.0. The van der Waals surface area contributed by atoms with E-state index in [2.05, 4.69) is 4.72 Å². The Bertz CT molecular complexity index is 800. The van der Waals surface area contributed by atoms with E-state index in [1.165, 1.54) is 7.11 Å². The number of methoxy groups -OCH3 is 2. The molecule has 23 heavy (non-hydrogen) atoms. The van der Waals surface area contributed by atoms with E-state index in [1.807, 2.05) is 32.0 Å². The zero-order valence-electron chi connectivity index (χ0n) is 13.7. The molecular formula is C17H21NO4S. The highest BCUT2D eigenvalue weighted by Gasteiger charge is 2.17. The van der Waals surface area contributed by atoms with E-state index in [1.54, 1.807) is 25.3 Å². The van der Waals surface area contributed by atoms with Crippen LogP contribution >= 0.6 is 0 Å². The summed E-state index contributed by atoms with van der Waals surface area (Å²) in [6.45, 7) is 3.75. The minimum Gasteiger partial charge on any atom is -0.496 e. The Kier molecular flexibility index (Phi) is 5.15. The number of ether oxygens (including phenoxy) is 2. The number of rotatable bonds is 6. The molecule has 0 aliphatic heterocycles. The molecule has 0 atom stereocenters. The van der Waals surface area contributed by atoms with Crippen LogP contribution in [0.15, 0.2) is 36.4 Å². The van der Waals surface area contributed by atoms with Crippen LogP contribution < -0.4 is 14.2 Å². The lowest BCUT2D eigenvalue weighted by Crippen LogP contribution is -2.16. The third-order valence-corrected chi connectivity index (χ3v) is 4.73. The van der Waals surface area contributed by atoms with Crippen molar-refractivity contribution >= 4 is 15.7 Å². The molecule has 0 bridgehead atoms. The minimum atomic E-state index is -3.54. The molecule has 5 nitrogen and oxygen atoms in total. The van der Waals surface area contributed by atoms with Crippen molar-refractivity contribution in [2.45, 2.75) is 19.6 Å². The largest absolute Gasteiger partial charge is 0.496 e. The average Bonchev–Trinajstić information content (AvgIpc) is 2.47. The minimum absolute atomic E-state index is 0.0943. The Morgan fingerprint density at radius 1 is 1.04 bits per heavy atom. The first-order valence-electron chi connectivity index (χ1n) is 7.14. The van der Waals surface area contributed by atoms with Crippen molar-refractivity contribution in [2.24, 2.45) is 0 Å². The fourth-order valence-corrected chi connectivity index (χ4v) is 3.65. The zero-order chi connectivity index (χ0) is 17.0. The van der Waals surface area contributed by atoms with Crippen molar-refractivity contribution in [1.29, 1.82) is 0 Å². The van der Waals surface area contributed by atoms with Gasteiger partial charge in [0.15, 0.2) is 0 Å². The maximum Gasteiger partial charge on any atom is 0.237 e. The Hall–Kier alpha value is -2.21. The van der Waals surface area contributed by atoms with Crippen LogP contribution in [0.25, 0.3) is 0 Å². The Balaban J connectivity index is 2.28. The second-order valence-electron chi connectivity index (χ2n) is 5.32. The summed E-state index contributed by atoms with van der Waals surface area (Å²) in [5, 5.41) is 0. The molecule has 0 spiro atoms. The molecule has 6 heteroatoms. The second kappa shape index (κ2) is 6.91. The summed E-state index contributed by atoms with van der Waals surface area (Å²) >= 11 is 0. The maximum atomic E-state index is 12.4. The van der Waals surface area contributed by atoms with Crippen molar-refractivity contribution < 1.29 is 17.9 Å².